The molecule has 0 aromatic carbocycles. The molecule has 1 aliphatic heterocycles. The zero-order valence-electron chi connectivity index (χ0n) is 7.90. The lowest BCUT2D eigenvalue weighted by atomic mass is 10.1. The van der Waals surface area contributed by atoms with E-state index in [1.807, 2.05) is 0 Å². The summed E-state index contributed by atoms with van der Waals surface area (Å²) in [6.45, 7) is 1.34. The lowest BCUT2D eigenvalue weighted by Gasteiger charge is -2.13. The number of carbonyl (C=O) groups is 1. The normalized spacial score (nSPS) is 28.4. The van der Waals surface area contributed by atoms with Crippen LogP contribution in [0.5, 0.6) is 0 Å². The monoisotopic (exact) mass is 202 g/mol. The largest absolute Gasteiger partial charge is 0.508 e. The summed E-state index contributed by atoms with van der Waals surface area (Å²) in [7, 11) is 0. The molecule has 1 saturated carbocycles. The fourth-order valence-corrected chi connectivity index (χ4v) is 1.38. The molecular weight excluding hydrogens is 188 g/mol. The van der Waals surface area contributed by atoms with Crippen molar-refractivity contribution in [1.82, 2.24) is 0 Å². The molecular formula is C9H14O5. The summed E-state index contributed by atoms with van der Waals surface area (Å²) in [5.74, 6) is 0. The van der Waals surface area contributed by atoms with E-state index in [1.165, 1.54) is 0 Å². The number of rotatable bonds is 5. The quantitative estimate of drug-likeness (QED) is 0.650. The van der Waals surface area contributed by atoms with Crippen LogP contribution in [0.15, 0.2) is 0 Å². The molecule has 2 fully saturated rings. The van der Waals surface area contributed by atoms with Crippen LogP contribution in [0.1, 0.15) is 12.8 Å². The Hall–Kier alpha value is -0.810. The van der Waals surface area contributed by atoms with E-state index in [-0.39, 0.29) is 24.7 Å². The maximum Gasteiger partial charge on any atom is 0.508 e. The molecule has 0 aromatic rings. The molecule has 0 amide bonds. The van der Waals surface area contributed by atoms with Crippen LogP contribution in [-0.2, 0) is 14.2 Å². The minimum Gasteiger partial charge on any atom is -0.430 e. The highest BCUT2D eigenvalue weighted by molar-refractivity contribution is 5.61. The maximum atomic E-state index is 10.5. The molecule has 1 N–H and O–H groups in total. The fourth-order valence-electron chi connectivity index (χ4n) is 1.38. The van der Waals surface area contributed by atoms with Gasteiger partial charge >= 0.3 is 6.16 Å². The van der Waals surface area contributed by atoms with Crippen LogP contribution in [0.2, 0.25) is 0 Å². The second kappa shape index (κ2) is 3.74. The minimum atomic E-state index is -0.623. The number of aliphatic hydroxyl groups excluding tert-OH is 1. The third-order valence-electron chi connectivity index (χ3n) is 2.65. The van der Waals surface area contributed by atoms with Gasteiger partial charge in [-0.1, -0.05) is 0 Å². The highest BCUT2D eigenvalue weighted by Gasteiger charge is 2.42. The van der Waals surface area contributed by atoms with Gasteiger partial charge in [-0.25, -0.2) is 4.79 Å². The topological polar surface area (TPSA) is 65.0 Å². The van der Waals surface area contributed by atoms with Gasteiger partial charge in [0.15, 0.2) is 6.10 Å². The Bertz CT molecular complexity index is 223. The Morgan fingerprint density at radius 2 is 2.36 bits per heavy atom. The molecule has 1 saturated heterocycles. The predicted octanol–water partition coefficient (Wildman–Crippen LogP) is 0.311. The summed E-state index contributed by atoms with van der Waals surface area (Å²) < 4.78 is 14.7. The van der Waals surface area contributed by atoms with Gasteiger partial charge in [-0.15, -0.1) is 0 Å². The molecule has 0 spiro atoms. The van der Waals surface area contributed by atoms with Crippen LogP contribution in [0.25, 0.3) is 0 Å². The fraction of sp³-hybridized carbons (Fsp3) is 0.889. The number of carbonyl (C=O) groups excluding carboxylic acids is 1. The van der Waals surface area contributed by atoms with Crippen LogP contribution in [0.3, 0.4) is 0 Å². The van der Waals surface area contributed by atoms with Crippen molar-refractivity contribution in [2.75, 3.05) is 26.4 Å². The van der Waals surface area contributed by atoms with Gasteiger partial charge in [0, 0.05) is 5.41 Å². The molecule has 1 aliphatic carbocycles. The van der Waals surface area contributed by atoms with E-state index in [0.717, 1.165) is 12.8 Å². The molecule has 1 heterocycles. The first-order valence-corrected chi connectivity index (χ1v) is 4.76. The molecule has 80 valence electrons. The number of cyclic esters (lactones) is 2. The second-order valence-electron chi connectivity index (χ2n) is 3.97. The van der Waals surface area contributed by atoms with E-state index in [1.54, 1.807) is 0 Å². The van der Waals surface area contributed by atoms with Crippen LogP contribution in [-0.4, -0.2) is 43.8 Å². The van der Waals surface area contributed by atoms with Gasteiger partial charge in [0.2, 0.25) is 0 Å². The molecule has 1 atom stereocenters. The van der Waals surface area contributed by atoms with Crippen LogP contribution in [0, 0.1) is 5.41 Å². The van der Waals surface area contributed by atoms with E-state index >= 15 is 0 Å². The molecule has 0 aromatic heterocycles. The maximum absolute atomic E-state index is 10.5. The molecule has 2 aliphatic rings. The van der Waals surface area contributed by atoms with Gasteiger partial charge in [0.25, 0.3) is 0 Å². The van der Waals surface area contributed by atoms with Crippen molar-refractivity contribution in [3.63, 3.8) is 0 Å². The van der Waals surface area contributed by atoms with Crippen LogP contribution in [0.4, 0.5) is 4.79 Å². The predicted molar refractivity (Wildman–Crippen MR) is 45.8 cm³/mol. The van der Waals surface area contributed by atoms with Crippen molar-refractivity contribution >= 4 is 6.16 Å². The van der Waals surface area contributed by atoms with Crippen molar-refractivity contribution in [2.45, 2.75) is 18.9 Å². The van der Waals surface area contributed by atoms with Gasteiger partial charge in [0.05, 0.1) is 19.8 Å². The lowest BCUT2D eigenvalue weighted by molar-refractivity contribution is 0.0131. The Morgan fingerprint density at radius 3 is 2.86 bits per heavy atom. The van der Waals surface area contributed by atoms with Gasteiger partial charge in [-0.3, -0.25) is 0 Å². The molecule has 5 nitrogen and oxygen atoms in total. The van der Waals surface area contributed by atoms with Crippen LogP contribution < -0.4 is 0 Å². The Kier molecular flexibility index (Phi) is 2.60. The third kappa shape index (κ3) is 2.16. The van der Waals surface area contributed by atoms with Crippen molar-refractivity contribution in [1.29, 1.82) is 0 Å². The van der Waals surface area contributed by atoms with Crippen molar-refractivity contribution in [3.05, 3.63) is 0 Å². The Morgan fingerprint density at radius 1 is 1.57 bits per heavy atom. The summed E-state index contributed by atoms with van der Waals surface area (Å²) in [6, 6.07) is 0. The Labute approximate surface area is 81.9 Å². The van der Waals surface area contributed by atoms with Gasteiger partial charge in [0.1, 0.15) is 6.61 Å². The summed E-state index contributed by atoms with van der Waals surface area (Å²) in [6.07, 6.45) is 1.13. The van der Waals surface area contributed by atoms with Crippen molar-refractivity contribution in [3.8, 4) is 0 Å². The van der Waals surface area contributed by atoms with Crippen molar-refractivity contribution < 1.29 is 24.1 Å². The van der Waals surface area contributed by atoms with E-state index in [0.29, 0.717) is 13.2 Å². The number of hydrogen-bond acceptors (Lipinski definition) is 5. The molecule has 5 heteroatoms. The standard InChI is InChI=1S/C9H14O5/c10-5-9(1-2-9)6-12-3-7-4-13-8(11)14-7/h7,10H,1-6H2. The molecule has 1 unspecified atom stereocenters. The number of ether oxygens (including phenoxy) is 3. The van der Waals surface area contributed by atoms with E-state index < -0.39 is 6.16 Å². The van der Waals surface area contributed by atoms with Crippen molar-refractivity contribution in [2.24, 2.45) is 5.41 Å². The van der Waals surface area contributed by atoms with Gasteiger partial charge in [-0.05, 0) is 12.8 Å². The van der Waals surface area contributed by atoms with E-state index in [9.17, 15) is 4.79 Å². The zero-order chi connectivity index (χ0) is 10.0. The SMILES string of the molecule is O=C1OCC(COCC2(CO)CC2)O1. The first kappa shape index (κ1) is 9.73. The second-order valence-corrected chi connectivity index (χ2v) is 3.97. The summed E-state index contributed by atoms with van der Waals surface area (Å²) in [4.78, 5) is 10.5. The minimum absolute atomic E-state index is 0.0104. The lowest BCUT2D eigenvalue weighted by Crippen LogP contribution is -2.22. The molecule has 2 rings (SSSR count). The average Bonchev–Trinajstić information content (AvgIpc) is 2.84. The molecule has 14 heavy (non-hydrogen) atoms. The summed E-state index contributed by atoms with van der Waals surface area (Å²) in [5.41, 5.74) is -0.0104. The molecule has 0 radical (unpaired) electrons. The zero-order valence-corrected chi connectivity index (χ0v) is 7.90. The number of hydrogen-bond donors (Lipinski definition) is 1. The van der Waals surface area contributed by atoms with E-state index in [4.69, 9.17) is 14.6 Å². The average molecular weight is 202 g/mol. The first-order valence-electron chi connectivity index (χ1n) is 4.76. The van der Waals surface area contributed by atoms with E-state index in [2.05, 4.69) is 4.74 Å². The summed E-state index contributed by atoms with van der Waals surface area (Å²) in [5, 5.41) is 9.00. The smallest absolute Gasteiger partial charge is 0.430 e. The van der Waals surface area contributed by atoms with Crippen LogP contribution >= 0.6 is 0 Å². The van der Waals surface area contributed by atoms with Gasteiger partial charge in [-0.2, -0.15) is 0 Å². The Balaban J connectivity index is 1.61. The molecule has 0 bridgehead atoms. The third-order valence-corrected chi connectivity index (χ3v) is 2.65. The number of aliphatic hydroxyl groups is 1. The first-order chi connectivity index (χ1) is 6.74. The summed E-state index contributed by atoms with van der Waals surface area (Å²) >= 11 is 0. The van der Waals surface area contributed by atoms with Gasteiger partial charge < -0.3 is 19.3 Å². The highest BCUT2D eigenvalue weighted by atomic mass is 16.8. The highest BCUT2D eigenvalue weighted by Crippen LogP contribution is 2.45.